The van der Waals surface area contributed by atoms with Crippen LogP contribution in [0.1, 0.15) is 4.88 Å². The fraction of sp³-hybridized carbons (Fsp3) is 0.286. The molecule has 1 N–H and O–H groups in total. The van der Waals surface area contributed by atoms with Crippen LogP contribution in [0.5, 0.6) is 0 Å². The molecule has 2 rings (SSSR count). The van der Waals surface area contributed by atoms with Crippen molar-refractivity contribution in [2.24, 2.45) is 0 Å². The second-order valence-electron chi connectivity index (χ2n) is 2.27. The number of aromatic nitrogens is 1. The van der Waals surface area contributed by atoms with E-state index in [4.69, 9.17) is 4.42 Å². The lowest BCUT2D eigenvalue weighted by atomic mass is 10.4. The maximum absolute atomic E-state index is 5.12. The van der Waals surface area contributed by atoms with E-state index < -0.39 is 0 Å². The minimum absolute atomic E-state index is 0.885. The summed E-state index contributed by atoms with van der Waals surface area (Å²) in [6.45, 7) is 0.885. The zero-order valence-electron chi connectivity index (χ0n) is 6.13. The van der Waals surface area contributed by atoms with E-state index >= 15 is 0 Å². The summed E-state index contributed by atoms with van der Waals surface area (Å²) in [4.78, 5) is 6.21. The van der Waals surface area contributed by atoms with Crippen molar-refractivity contribution in [3.05, 3.63) is 17.3 Å². The van der Waals surface area contributed by atoms with Gasteiger partial charge in [-0.15, -0.1) is 11.3 Å². The average molecular weight is 168 g/mol. The molecule has 2 heterocycles. The van der Waals surface area contributed by atoms with E-state index in [2.05, 4.69) is 10.3 Å². The topological polar surface area (TPSA) is 38.1 Å². The SMILES string of the molecule is CNCc1cc2ncoc2s1. The molecule has 0 unspecified atom stereocenters. The molecule has 0 saturated carbocycles. The molecule has 58 valence electrons. The number of thiophene rings is 1. The highest BCUT2D eigenvalue weighted by Gasteiger charge is 2.03. The fourth-order valence-electron chi connectivity index (χ4n) is 0.979. The van der Waals surface area contributed by atoms with Crippen molar-refractivity contribution in [1.82, 2.24) is 10.3 Å². The normalized spacial score (nSPS) is 11.0. The van der Waals surface area contributed by atoms with Crippen LogP contribution in [-0.2, 0) is 6.54 Å². The van der Waals surface area contributed by atoms with E-state index in [0.717, 1.165) is 17.0 Å². The van der Waals surface area contributed by atoms with E-state index in [0.29, 0.717) is 0 Å². The molecule has 0 fully saturated rings. The summed E-state index contributed by atoms with van der Waals surface area (Å²) >= 11 is 1.64. The van der Waals surface area contributed by atoms with Crippen LogP contribution in [0, 0.1) is 0 Å². The van der Waals surface area contributed by atoms with Crippen molar-refractivity contribution in [3.63, 3.8) is 0 Å². The highest BCUT2D eigenvalue weighted by molar-refractivity contribution is 7.18. The summed E-state index contributed by atoms with van der Waals surface area (Å²) in [5.41, 5.74) is 0.959. The number of hydrogen-bond acceptors (Lipinski definition) is 4. The molecule has 0 atom stereocenters. The molecule has 2 aromatic heterocycles. The Morgan fingerprint density at radius 2 is 2.64 bits per heavy atom. The van der Waals surface area contributed by atoms with Gasteiger partial charge >= 0.3 is 0 Å². The van der Waals surface area contributed by atoms with E-state index in [1.54, 1.807) is 11.3 Å². The van der Waals surface area contributed by atoms with Crippen LogP contribution < -0.4 is 5.32 Å². The van der Waals surface area contributed by atoms with E-state index in [1.807, 2.05) is 13.1 Å². The molecule has 0 aromatic carbocycles. The van der Waals surface area contributed by atoms with Crippen LogP contribution in [0.25, 0.3) is 10.4 Å². The van der Waals surface area contributed by atoms with Crippen LogP contribution >= 0.6 is 11.3 Å². The molecule has 0 spiro atoms. The summed E-state index contributed by atoms with van der Waals surface area (Å²) in [5.74, 6) is 0. The second kappa shape index (κ2) is 2.64. The lowest BCUT2D eigenvalue weighted by Crippen LogP contribution is -2.02. The first-order valence-electron chi connectivity index (χ1n) is 3.36. The summed E-state index contributed by atoms with van der Waals surface area (Å²) in [6.07, 6.45) is 1.48. The minimum Gasteiger partial charge on any atom is -0.433 e. The van der Waals surface area contributed by atoms with Crippen molar-refractivity contribution in [2.75, 3.05) is 7.05 Å². The van der Waals surface area contributed by atoms with E-state index in [9.17, 15) is 0 Å². The number of nitrogens with zero attached hydrogens (tertiary/aromatic N) is 1. The zero-order chi connectivity index (χ0) is 7.68. The third-order valence-corrected chi connectivity index (χ3v) is 2.45. The van der Waals surface area contributed by atoms with Gasteiger partial charge in [0.25, 0.3) is 0 Å². The number of hydrogen-bond donors (Lipinski definition) is 1. The van der Waals surface area contributed by atoms with Gasteiger partial charge in [0.15, 0.2) is 6.39 Å². The Bertz CT molecular complexity index is 323. The number of rotatable bonds is 2. The van der Waals surface area contributed by atoms with Crippen molar-refractivity contribution in [3.8, 4) is 0 Å². The Morgan fingerprint density at radius 3 is 3.36 bits per heavy atom. The molecule has 2 aromatic rings. The van der Waals surface area contributed by atoms with Gasteiger partial charge in [-0.3, -0.25) is 0 Å². The summed E-state index contributed by atoms with van der Waals surface area (Å²) in [7, 11) is 1.93. The van der Waals surface area contributed by atoms with Crippen LogP contribution in [0.15, 0.2) is 16.9 Å². The van der Waals surface area contributed by atoms with Crippen LogP contribution in [-0.4, -0.2) is 12.0 Å². The Hall–Kier alpha value is -0.870. The Labute approximate surface area is 68.0 Å². The Morgan fingerprint density at radius 1 is 1.73 bits per heavy atom. The molecule has 3 nitrogen and oxygen atoms in total. The van der Waals surface area contributed by atoms with Gasteiger partial charge in [0.2, 0.25) is 4.90 Å². The largest absolute Gasteiger partial charge is 0.433 e. The maximum atomic E-state index is 5.12. The minimum atomic E-state index is 0.885. The van der Waals surface area contributed by atoms with Gasteiger partial charge in [-0.05, 0) is 13.1 Å². The smallest absolute Gasteiger partial charge is 0.208 e. The fourth-order valence-corrected chi connectivity index (χ4v) is 1.91. The van der Waals surface area contributed by atoms with Crippen molar-refractivity contribution in [2.45, 2.75) is 6.54 Å². The first-order chi connectivity index (χ1) is 5.40. The molecular weight excluding hydrogens is 160 g/mol. The predicted molar refractivity (Wildman–Crippen MR) is 44.6 cm³/mol. The zero-order valence-corrected chi connectivity index (χ0v) is 6.94. The molecule has 0 saturated heterocycles. The third kappa shape index (κ3) is 1.15. The van der Waals surface area contributed by atoms with E-state index in [-0.39, 0.29) is 0 Å². The van der Waals surface area contributed by atoms with Crippen molar-refractivity contribution >= 4 is 21.8 Å². The maximum Gasteiger partial charge on any atom is 0.208 e. The standard InChI is InChI=1S/C7H8N2OS/c1-8-3-5-2-6-7(11-5)10-4-9-6/h2,4,8H,3H2,1H3. The molecule has 0 aliphatic rings. The third-order valence-electron chi connectivity index (χ3n) is 1.43. The molecule has 11 heavy (non-hydrogen) atoms. The highest BCUT2D eigenvalue weighted by Crippen LogP contribution is 2.23. The van der Waals surface area contributed by atoms with Gasteiger partial charge in [-0.25, -0.2) is 4.98 Å². The number of oxazole rings is 1. The lowest BCUT2D eigenvalue weighted by Gasteiger charge is -1.89. The Kier molecular flexibility index (Phi) is 1.63. The second-order valence-corrected chi connectivity index (χ2v) is 3.37. The number of fused-ring (bicyclic) bond motifs is 1. The summed E-state index contributed by atoms with van der Waals surface area (Å²) < 4.78 is 5.12. The molecule has 0 bridgehead atoms. The van der Waals surface area contributed by atoms with Gasteiger partial charge in [-0.1, -0.05) is 0 Å². The molecule has 0 amide bonds. The highest BCUT2D eigenvalue weighted by atomic mass is 32.1. The van der Waals surface area contributed by atoms with Gasteiger partial charge in [0.05, 0.1) is 0 Å². The Balaban J connectivity index is 2.42. The average Bonchev–Trinajstić information content (AvgIpc) is 2.46. The van der Waals surface area contributed by atoms with E-state index in [1.165, 1.54) is 11.3 Å². The lowest BCUT2D eigenvalue weighted by molar-refractivity contribution is 0.609. The van der Waals surface area contributed by atoms with Crippen LogP contribution in [0.4, 0.5) is 0 Å². The van der Waals surface area contributed by atoms with Gasteiger partial charge in [0, 0.05) is 11.4 Å². The van der Waals surface area contributed by atoms with Crippen molar-refractivity contribution in [1.29, 1.82) is 0 Å². The monoisotopic (exact) mass is 168 g/mol. The molecule has 4 heteroatoms. The first-order valence-corrected chi connectivity index (χ1v) is 4.18. The van der Waals surface area contributed by atoms with Gasteiger partial charge < -0.3 is 9.73 Å². The van der Waals surface area contributed by atoms with Gasteiger partial charge in [0.1, 0.15) is 5.52 Å². The molecule has 0 aliphatic carbocycles. The van der Waals surface area contributed by atoms with Gasteiger partial charge in [-0.2, -0.15) is 0 Å². The number of nitrogens with one attached hydrogen (secondary N) is 1. The molecule has 0 radical (unpaired) electrons. The molecule has 0 aliphatic heterocycles. The molecular formula is C7H8N2OS. The quantitative estimate of drug-likeness (QED) is 0.740. The van der Waals surface area contributed by atoms with Crippen LogP contribution in [0.2, 0.25) is 0 Å². The van der Waals surface area contributed by atoms with Crippen molar-refractivity contribution < 1.29 is 4.42 Å². The summed E-state index contributed by atoms with van der Waals surface area (Å²) in [6, 6.07) is 2.04. The van der Waals surface area contributed by atoms with Crippen LogP contribution in [0.3, 0.4) is 0 Å². The summed E-state index contributed by atoms with van der Waals surface area (Å²) in [5, 5.41) is 3.08. The predicted octanol–water partition coefficient (Wildman–Crippen LogP) is 1.61. The first kappa shape index (κ1) is 6.82.